The van der Waals surface area contributed by atoms with Gasteiger partial charge in [-0.2, -0.15) is 5.10 Å². The number of methoxy groups -OCH3 is 1. The quantitative estimate of drug-likeness (QED) is 0.706. The van der Waals surface area contributed by atoms with Crippen molar-refractivity contribution in [2.75, 3.05) is 51.3 Å². The van der Waals surface area contributed by atoms with Crippen molar-refractivity contribution in [1.82, 2.24) is 15.1 Å². The standard InChI is InChI=1S/C20H22ClN4O2/c1-26-18-4-2-3-5-19(18)27-13-12-24-8-10-25(11-9-24)20-16-7-6-15(21)14-17(16)22-23-20/h3-7,14H,8-13H2,1H3,(H,22,23). The van der Waals surface area contributed by atoms with E-state index < -0.39 is 0 Å². The Morgan fingerprint density at radius 2 is 2.04 bits per heavy atom. The van der Waals surface area contributed by atoms with E-state index in [1.54, 1.807) is 13.2 Å². The molecule has 0 spiro atoms. The lowest BCUT2D eigenvalue weighted by Gasteiger charge is -2.34. The summed E-state index contributed by atoms with van der Waals surface area (Å²) in [5, 5.41) is 9.40. The molecule has 1 radical (unpaired) electrons. The number of benzene rings is 2. The summed E-state index contributed by atoms with van der Waals surface area (Å²) < 4.78 is 11.2. The topological polar surface area (TPSA) is 53.6 Å². The van der Waals surface area contributed by atoms with Gasteiger partial charge in [0.05, 0.1) is 12.6 Å². The predicted octanol–water partition coefficient (Wildman–Crippen LogP) is 3.23. The summed E-state index contributed by atoms with van der Waals surface area (Å²) in [5.41, 5.74) is 0.974. The maximum absolute atomic E-state index is 6.06. The van der Waals surface area contributed by atoms with Gasteiger partial charge in [0, 0.05) is 43.1 Å². The van der Waals surface area contributed by atoms with Crippen LogP contribution in [0, 0.1) is 6.07 Å². The molecule has 2 aromatic carbocycles. The largest absolute Gasteiger partial charge is 0.493 e. The third kappa shape index (κ3) is 3.96. The van der Waals surface area contributed by atoms with Crippen LogP contribution in [-0.4, -0.2) is 61.5 Å². The van der Waals surface area contributed by atoms with Crippen LogP contribution in [0.1, 0.15) is 0 Å². The fourth-order valence-electron chi connectivity index (χ4n) is 3.37. The highest BCUT2D eigenvalue weighted by molar-refractivity contribution is 6.31. The summed E-state index contributed by atoms with van der Waals surface area (Å²) in [6, 6.07) is 14.3. The Hall–Kier alpha value is -2.44. The highest BCUT2D eigenvalue weighted by Crippen LogP contribution is 2.27. The van der Waals surface area contributed by atoms with Gasteiger partial charge in [-0.15, -0.1) is 0 Å². The van der Waals surface area contributed by atoms with E-state index >= 15 is 0 Å². The lowest BCUT2D eigenvalue weighted by Crippen LogP contribution is -2.47. The normalized spacial score (nSPS) is 15.3. The van der Waals surface area contributed by atoms with Crippen molar-refractivity contribution >= 4 is 28.3 Å². The monoisotopic (exact) mass is 385 g/mol. The molecule has 0 saturated carbocycles. The number of aromatic amines is 1. The minimum absolute atomic E-state index is 0.629. The molecule has 1 fully saturated rings. The summed E-state index contributed by atoms with van der Waals surface area (Å²) >= 11 is 6.06. The molecule has 0 unspecified atom stereocenters. The number of nitrogens with zero attached hydrogens (tertiary/aromatic N) is 3. The number of aromatic nitrogens is 2. The molecule has 1 aromatic heterocycles. The first kappa shape index (κ1) is 17.9. The van der Waals surface area contributed by atoms with Crippen LogP contribution in [0.3, 0.4) is 0 Å². The molecule has 0 bridgehead atoms. The molecule has 4 rings (SSSR count). The summed E-state index contributed by atoms with van der Waals surface area (Å²) in [5.74, 6) is 2.48. The van der Waals surface area contributed by atoms with Gasteiger partial charge in [0.2, 0.25) is 0 Å². The number of hydrogen-bond acceptors (Lipinski definition) is 5. The van der Waals surface area contributed by atoms with E-state index in [0.29, 0.717) is 12.4 Å². The van der Waals surface area contributed by atoms with Crippen molar-refractivity contribution in [3.63, 3.8) is 0 Å². The van der Waals surface area contributed by atoms with Crippen molar-refractivity contribution in [3.8, 4) is 11.5 Å². The molecule has 1 saturated heterocycles. The number of halogens is 1. The third-order valence-electron chi connectivity index (χ3n) is 4.85. The molecule has 1 aliphatic rings. The predicted molar refractivity (Wildman–Crippen MR) is 107 cm³/mol. The Labute approximate surface area is 163 Å². The van der Waals surface area contributed by atoms with Crippen LogP contribution in [-0.2, 0) is 0 Å². The highest BCUT2D eigenvalue weighted by Gasteiger charge is 2.20. The summed E-state index contributed by atoms with van der Waals surface area (Å²) in [4.78, 5) is 4.73. The summed E-state index contributed by atoms with van der Waals surface area (Å²) in [6.07, 6.45) is 0. The van der Waals surface area contributed by atoms with Gasteiger partial charge in [0.1, 0.15) is 6.61 Å². The molecular formula is C20H22ClN4O2. The van der Waals surface area contributed by atoms with E-state index in [-0.39, 0.29) is 0 Å². The number of nitrogens with one attached hydrogen (secondary N) is 1. The molecule has 1 N–H and O–H groups in total. The van der Waals surface area contributed by atoms with E-state index in [0.717, 1.165) is 60.2 Å². The third-order valence-corrected chi connectivity index (χ3v) is 5.08. The highest BCUT2D eigenvalue weighted by atomic mass is 35.5. The molecule has 141 valence electrons. The number of fused-ring (bicyclic) bond motifs is 1. The van der Waals surface area contributed by atoms with Gasteiger partial charge in [-0.25, -0.2) is 0 Å². The Morgan fingerprint density at radius 1 is 1.19 bits per heavy atom. The van der Waals surface area contributed by atoms with Crippen LogP contribution in [0.15, 0.2) is 36.4 Å². The van der Waals surface area contributed by atoms with Gasteiger partial charge in [0.25, 0.3) is 0 Å². The first-order valence-electron chi connectivity index (χ1n) is 9.02. The SMILES string of the molecule is COc1c[c]ccc1OCCN1CCN(c2n[nH]c3cc(Cl)ccc23)CC1. The van der Waals surface area contributed by atoms with E-state index in [9.17, 15) is 0 Å². The molecule has 7 heteroatoms. The number of anilines is 1. The van der Waals surface area contributed by atoms with Crippen LogP contribution >= 0.6 is 11.6 Å². The van der Waals surface area contributed by atoms with E-state index in [1.165, 1.54) is 0 Å². The van der Waals surface area contributed by atoms with Crippen molar-refractivity contribution in [2.24, 2.45) is 0 Å². The number of hydrogen-bond donors (Lipinski definition) is 1. The molecule has 6 nitrogen and oxygen atoms in total. The lowest BCUT2D eigenvalue weighted by atomic mass is 10.2. The number of H-pyrrole nitrogens is 1. The Balaban J connectivity index is 1.30. The molecule has 0 aliphatic carbocycles. The molecular weight excluding hydrogens is 364 g/mol. The molecule has 0 atom stereocenters. The average molecular weight is 386 g/mol. The van der Waals surface area contributed by atoms with Crippen LogP contribution in [0.5, 0.6) is 11.5 Å². The molecule has 2 heterocycles. The summed E-state index contributed by atoms with van der Waals surface area (Å²) in [7, 11) is 1.64. The average Bonchev–Trinajstić information content (AvgIpc) is 3.12. The molecule has 3 aromatic rings. The van der Waals surface area contributed by atoms with Crippen molar-refractivity contribution in [1.29, 1.82) is 0 Å². The maximum atomic E-state index is 6.06. The first-order chi connectivity index (χ1) is 13.2. The van der Waals surface area contributed by atoms with Crippen LogP contribution in [0.4, 0.5) is 5.82 Å². The zero-order chi connectivity index (χ0) is 18.6. The number of piperazine rings is 1. The zero-order valence-electron chi connectivity index (χ0n) is 15.2. The zero-order valence-corrected chi connectivity index (χ0v) is 16.0. The van der Waals surface area contributed by atoms with Gasteiger partial charge in [-0.1, -0.05) is 17.7 Å². The van der Waals surface area contributed by atoms with Crippen LogP contribution < -0.4 is 14.4 Å². The maximum Gasteiger partial charge on any atom is 0.161 e. The Bertz CT molecular complexity index is 906. The van der Waals surface area contributed by atoms with Crippen LogP contribution in [0.2, 0.25) is 5.02 Å². The van der Waals surface area contributed by atoms with E-state index in [2.05, 4.69) is 26.1 Å². The van der Waals surface area contributed by atoms with Gasteiger partial charge in [0.15, 0.2) is 17.3 Å². The van der Waals surface area contributed by atoms with E-state index in [1.807, 2.05) is 30.3 Å². The molecule has 27 heavy (non-hydrogen) atoms. The first-order valence-corrected chi connectivity index (χ1v) is 9.40. The molecule has 0 amide bonds. The number of rotatable bonds is 6. The minimum Gasteiger partial charge on any atom is -0.493 e. The lowest BCUT2D eigenvalue weighted by molar-refractivity contribution is 0.196. The van der Waals surface area contributed by atoms with Gasteiger partial charge < -0.3 is 14.4 Å². The van der Waals surface area contributed by atoms with E-state index in [4.69, 9.17) is 21.1 Å². The van der Waals surface area contributed by atoms with Crippen molar-refractivity contribution in [2.45, 2.75) is 0 Å². The van der Waals surface area contributed by atoms with Gasteiger partial charge >= 0.3 is 0 Å². The van der Waals surface area contributed by atoms with Gasteiger partial charge in [-0.3, -0.25) is 10.00 Å². The minimum atomic E-state index is 0.629. The fourth-order valence-corrected chi connectivity index (χ4v) is 3.54. The Kier molecular flexibility index (Phi) is 5.36. The second-order valence-corrected chi connectivity index (χ2v) is 6.93. The van der Waals surface area contributed by atoms with Gasteiger partial charge in [-0.05, 0) is 36.4 Å². The molecule has 1 aliphatic heterocycles. The smallest absolute Gasteiger partial charge is 0.161 e. The fraction of sp³-hybridized carbons (Fsp3) is 0.350. The summed E-state index contributed by atoms with van der Waals surface area (Å²) in [6.45, 7) is 5.34. The second kappa shape index (κ2) is 8.06. The Morgan fingerprint density at radius 3 is 2.85 bits per heavy atom. The van der Waals surface area contributed by atoms with Crippen molar-refractivity contribution < 1.29 is 9.47 Å². The van der Waals surface area contributed by atoms with Crippen LogP contribution in [0.25, 0.3) is 10.9 Å². The number of ether oxygens (including phenoxy) is 2. The second-order valence-electron chi connectivity index (χ2n) is 6.49. The van der Waals surface area contributed by atoms with Crippen molar-refractivity contribution in [3.05, 3.63) is 47.5 Å².